The van der Waals surface area contributed by atoms with Crippen LogP contribution in [-0.4, -0.2) is 89.9 Å². The Balaban J connectivity index is 1.44. The first kappa shape index (κ1) is 27.5. The Morgan fingerprint density at radius 3 is 2.55 bits per heavy atom. The van der Waals surface area contributed by atoms with Crippen LogP contribution in [0.3, 0.4) is 0 Å². The van der Waals surface area contributed by atoms with Gasteiger partial charge in [-0.2, -0.15) is 5.10 Å². The summed E-state index contributed by atoms with van der Waals surface area (Å²) in [6.07, 6.45) is 2.42. The zero-order valence-electron chi connectivity index (χ0n) is 22.8. The zero-order valence-corrected chi connectivity index (χ0v) is 22.8. The van der Waals surface area contributed by atoms with E-state index in [0.29, 0.717) is 31.9 Å². The second-order valence-electron chi connectivity index (χ2n) is 9.91. The molecule has 0 bridgehead atoms. The summed E-state index contributed by atoms with van der Waals surface area (Å²) in [5.41, 5.74) is 2.43. The Bertz CT molecular complexity index is 1380. The van der Waals surface area contributed by atoms with Gasteiger partial charge in [0.2, 0.25) is 0 Å². The number of methoxy groups -OCH3 is 1. The number of hydrazone groups is 1. The minimum absolute atomic E-state index is 0.0621. The summed E-state index contributed by atoms with van der Waals surface area (Å²) < 4.78 is 27.6. The summed E-state index contributed by atoms with van der Waals surface area (Å²) in [4.78, 5) is 31.1. The zero-order chi connectivity index (χ0) is 28.1. The smallest absolute Gasteiger partial charge is 0.262 e. The topological polar surface area (TPSA) is 79.6 Å². The predicted octanol–water partition coefficient (Wildman–Crippen LogP) is 3.33. The van der Waals surface area contributed by atoms with Crippen LogP contribution in [-0.2, 0) is 16.6 Å². The predicted molar refractivity (Wildman–Crippen MR) is 149 cm³/mol. The lowest BCUT2D eigenvalue weighted by molar-refractivity contribution is -0.133. The minimum atomic E-state index is -0.617. The number of benzene rings is 2. The Morgan fingerprint density at radius 2 is 1.82 bits per heavy atom. The number of para-hydroxylation sites is 1. The van der Waals surface area contributed by atoms with Gasteiger partial charge in [0.25, 0.3) is 11.8 Å². The summed E-state index contributed by atoms with van der Waals surface area (Å²) in [5.74, 6) is -0.847. The van der Waals surface area contributed by atoms with Crippen LogP contribution in [0.1, 0.15) is 34.1 Å². The van der Waals surface area contributed by atoms with Gasteiger partial charge in [0.1, 0.15) is 18.1 Å². The largest absolute Gasteiger partial charge is 0.496 e. The van der Waals surface area contributed by atoms with Crippen molar-refractivity contribution in [2.75, 3.05) is 53.0 Å². The number of rotatable bonds is 9. The molecule has 2 aliphatic rings. The van der Waals surface area contributed by atoms with Gasteiger partial charge in [-0.05, 0) is 30.3 Å². The number of hydrogen-bond acceptors (Lipinski definition) is 6. The van der Waals surface area contributed by atoms with Crippen LogP contribution in [0.4, 0.5) is 4.39 Å². The molecular formula is C30H34FN5O4. The van der Waals surface area contributed by atoms with Gasteiger partial charge in [-0.3, -0.25) is 14.5 Å². The van der Waals surface area contributed by atoms with Gasteiger partial charge in [-0.25, -0.2) is 9.40 Å². The van der Waals surface area contributed by atoms with Crippen LogP contribution < -0.4 is 4.74 Å². The Kier molecular flexibility index (Phi) is 8.57. The first-order chi connectivity index (χ1) is 19.5. The summed E-state index contributed by atoms with van der Waals surface area (Å²) in [6, 6.07) is 16.9. The second-order valence-corrected chi connectivity index (χ2v) is 9.91. The number of halogens is 1. The van der Waals surface area contributed by atoms with Crippen molar-refractivity contribution < 1.29 is 23.5 Å². The lowest BCUT2D eigenvalue weighted by Gasteiger charge is -2.31. The molecule has 2 aromatic carbocycles. The van der Waals surface area contributed by atoms with Crippen LogP contribution >= 0.6 is 0 Å². The number of morpholine rings is 1. The van der Waals surface area contributed by atoms with Gasteiger partial charge >= 0.3 is 0 Å². The first-order valence-corrected chi connectivity index (χ1v) is 13.4. The van der Waals surface area contributed by atoms with E-state index in [9.17, 15) is 14.0 Å². The molecule has 0 saturated carbocycles. The summed E-state index contributed by atoms with van der Waals surface area (Å²) >= 11 is 0. The summed E-state index contributed by atoms with van der Waals surface area (Å²) in [6.45, 7) is 3.28. The molecule has 0 unspecified atom stereocenters. The molecule has 10 heteroatoms. The van der Waals surface area contributed by atoms with E-state index in [1.54, 1.807) is 13.2 Å². The Morgan fingerprint density at radius 1 is 1.07 bits per heavy atom. The normalized spacial score (nSPS) is 17.5. The van der Waals surface area contributed by atoms with Crippen LogP contribution in [0.5, 0.6) is 5.75 Å². The lowest BCUT2D eigenvalue weighted by Crippen LogP contribution is -2.46. The maximum atomic E-state index is 14.6. The number of ether oxygens (including phenoxy) is 2. The molecule has 40 heavy (non-hydrogen) atoms. The van der Waals surface area contributed by atoms with Crippen LogP contribution in [0.2, 0.25) is 0 Å². The molecule has 0 radical (unpaired) electrons. The van der Waals surface area contributed by atoms with E-state index in [1.807, 2.05) is 54.2 Å². The van der Waals surface area contributed by atoms with Gasteiger partial charge in [-0.1, -0.05) is 30.3 Å². The highest BCUT2D eigenvalue weighted by molar-refractivity contribution is 6.03. The van der Waals surface area contributed by atoms with Crippen LogP contribution in [0.15, 0.2) is 72.0 Å². The van der Waals surface area contributed by atoms with E-state index in [-0.39, 0.29) is 24.6 Å². The third kappa shape index (κ3) is 5.93. The third-order valence-corrected chi connectivity index (χ3v) is 7.41. The fourth-order valence-corrected chi connectivity index (χ4v) is 5.22. The molecule has 3 aromatic rings. The monoisotopic (exact) mass is 547 g/mol. The van der Waals surface area contributed by atoms with E-state index < -0.39 is 17.8 Å². The molecule has 3 heterocycles. The maximum Gasteiger partial charge on any atom is 0.262 e. The number of nitrogens with zero attached hydrogens (tertiary/aromatic N) is 5. The van der Waals surface area contributed by atoms with Crippen molar-refractivity contribution in [1.82, 2.24) is 19.4 Å². The molecular weight excluding hydrogens is 513 g/mol. The van der Waals surface area contributed by atoms with Crippen LogP contribution in [0, 0.1) is 5.82 Å². The van der Waals surface area contributed by atoms with E-state index in [0.717, 1.165) is 30.1 Å². The quantitative estimate of drug-likeness (QED) is 0.411. The third-order valence-electron chi connectivity index (χ3n) is 7.41. The number of hydrogen-bond donors (Lipinski definition) is 0. The number of carbonyl (C=O) groups excluding carboxylic acids is 2. The average molecular weight is 548 g/mol. The molecule has 1 atom stereocenters. The minimum Gasteiger partial charge on any atom is -0.496 e. The molecule has 210 valence electrons. The van der Waals surface area contributed by atoms with Gasteiger partial charge in [0, 0.05) is 51.4 Å². The molecule has 1 fully saturated rings. The van der Waals surface area contributed by atoms with Crippen molar-refractivity contribution in [3.05, 3.63) is 89.5 Å². The fourth-order valence-electron chi connectivity index (χ4n) is 5.22. The van der Waals surface area contributed by atoms with Gasteiger partial charge in [-0.15, -0.1) is 0 Å². The van der Waals surface area contributed by atoms with Crippen molar-refractivity contribution in [1.29, 1.82) is 0 Å². The second kappa shape index (κ2) is 12.4. The molecule has 5 rings (SSSR count). The Hall–Kier alpha value is -4.02. The van der Waals surface area contributed by atoms with Gasteiger partial charge in [0.15, 0.2) is 0 Å². The molecule has 0 aliphatic carbocycles. The van der Waals surface area contributed by atoms with Crippen molar-refractivity contribution in [2.45, 2.75) is 12.5 Å². The highest BCUT2D eigenvalue weighted by atomic mass is 19.1. The Labute approximate surface area is 233 Å². The van der Waals surface area contributed by atoms with Crippen molar-refractivity contribution in [2.24, 2.45) is 12.1 Å². The number of aryl methyl sites for hydroxylation is 1. The van der Waals surface area contributed by atoms with Gasteiger partial charge in [0.05, 0.1) is 43.3 Å². The highest BCUT2D eigenvalue weighted by Gasteiger charge is 2.36. The van der Waals surface area contributed by atoms with Crippen LogP contribution in [0.25, 0.3) is 0 Å². The summed E-state index contributed by atoms with van der Waals surface area (Å²) in [5, 5.41) is 6.22. The molecule has 0 spiro atoms. The molecule has 9 nitrogen and oxygen atoms in total. The lowest BCUT2D eigenvalue weighted by atomic mass is 9.99. The van der Waals surface area contributed by atoms with E-state index in [1.165, 1.54) is 28.1 Å². The number of amides is 2. The SMILES string of the molecule is COc1ccccc1[C@@H]1CC(c2cccn2C)=NN1C(=O)CN(CCN1CCOCC1)C(=O)c1ccccc1F. The van der Waals surface area contributed by atoms with E-state index in [4.69, 9.17) is 14.6 Å². The summed E-state index contributed by atoms with van der Waals surface area (Å²) in [7, 11) is 3.53. The molecule has 1 aromatic heterocycles. The van der Waals surface area contributed by atoms with Crippen molar-refractivity contribution >= 4 is 17.5 Å². The standard InChI is InChI=1S/C30H34FN5O4/c1-33-13-7-11-26(33)25-20-27(23-9-4-6-12-28(23)39-2)36(32-25)29(37)21-35(15-14-34-16-18-40-19-17-34)30(38)22-8-3-5-10-24(22)31/h3-13,27H,14-21H2,1-2H3/t27-/m0/s1. The molecule has 0 N–H and O–H groups in total. The maximum absolute atomic E-state index is 14.6. The van der Waals surface area contributed by atoms with Crippen molar-refractivity contribution in [3.63, 3.8) is 0 Å². The number of carbonyl (C=O) groups is 2. The van der Waals surface area contributed by atoms with Crippen molar-refractivity contribution in [3.8, 4) is 5.75 Å². The molecule has 2 amide bonds. The highest BCUT2D eigenvalue weighted by Crippen LogP contribution is 2.37. The fraction of sp³-hybridized carbons (Fsp3) is 0.367. The van der Waals surface area contributed by atoms with E-state index in [2.05, 4.69) is 4.90 Å². The average Bonchev–Trinajstić information content (AvgIpc) is 3.62. The van der Waals surface area contributed by atoms with Gasteiger partial charge < -0.3 is 18.9 Å². The first-order valence-electron chi connectivity index (χ1n) is 13.4. The van der Waals surface area contributed by atoms with E-state index >= 15 is 0 Å². The molecule has 1 saturated heterocycles. The molecule has 2 aliphatic heterocycles. The number of aromatic nitrogens is 1.